The highest BCUT2D eigenvalue weighted by Crippen LogP contribution is 2.11. The molecule has 1 heterocycles. The molecule has 5 nitrogen and oxygen atoms in total. The topological polar surface area (TPSA) is 67.2 Å². The van der Waals surface area contributed by atoms with Crippen LogP contribution in [-0.4, -0.2) is 26.7 Å². The van der Waals surface area contributed by atoms with Gasteiger partial charge in [0.25, 0.3) is 0 Å². The molecule has 0 spiro atoms. The van der Waals surface area contributed by atoms with Crippen LogP contribution in [0.2, 0.25) is 0 Å². The summed E-state index contributed by atoms with van der Waals surface area (Å²) in [5.74, 6) is -0.928. The van der Waals surface area contributed by atoms with E-state index in [-0.39, 0.29) is 12.4 Å². The fourth-order valence-electron chi connectivity index (χ4n) is 0.990. The summed E-state index contributed by atoms with van der Waals surface area (Å²) in [5, 5.41) is 11.1. The molecule has 0 fully saturated rings. The van der Waals surface area contributed by atoms with Crippen molar-refractivity contribution >= 4 is 5.97 Å². The molecule has 0 saturated heterocycles. The first kappa shape index (κ1) is 11.6. The van der Waals surface area contributed by atoms with Crippen molar-refractivity contribution in [3.63, 3.8) is 0 Å². The predicted molar refractivity (Wildman–Crippen MR) is 47.4 cm³/mol. The van der Waals surface area contributed by atoms with E-state index in [0.29, 0.717) is 4.57 Å². The second kappa shape index (κ2) is 4.83. The van der Waals surface area contributed by atoms with Gasteiger partial charge in [-0.1, -0.05) is 0 Å². The fraction of sp³-hybridized carbons (Fsp3) is 0.500. The lowest BCUT2D eigenvalue weighted by atomic mass is 10.3. The Morgan fingerprint density at radius 3 is 2.93 bits per heavy atom. The molecule has 1 aromatic heterocycles. The van der Waals surface area contributed by atoms with Crippen LogP contribution in [0.25, 0.3) is 0 Å². The zero-order chi connectivity index (χ0) is 11.4. The molecule has 0 amide bonds. The molecular formula is C8H11F2N3O2. The number of halogens is 2. The molecule has 0 radical (unpaired) electrons. The summed E-state index contributed by atoms with van der Waals surface area (Å²) in [4.78, 5) is 14.1. The van der Waals surface area contributed by atoms with Gasteiger partial charge in [0.1, 0.15) is 11.9 Å². The highest BCUT2D eigenvalue weighted by Gasteiger charge is 2.14. The van der Waals surface area contributed by atoms with Gasteiger partial charge in [-0.05, 0) is 6.92 Å². The Kier molecular flexibility index (Phi) is 3.73. The predicted octanol–water partition coefficient (Wildman–Crippen LogP) is 0.841. The summed E-state index contributed by atoms with van der Waals surface area (Å²) < 4.78 is 25.3. The average molecular weight is 219 g/mol. The number of aliphatic carboxylic acids is 1. The van der Waals surface area contributed by atoms with Crippen LogP contribution in [0.3, 0.4) is 0 Å². The van der Waals surface area contributed by atoms with E-state index in [1.165, 1.54) is 13.1 Å². The normalized spacial score (nSPS) is 13.1. The van der Waals surface area contributed by atoms with Gasteiger partial charge in [0.15, 0.2) is 0 Å². The van der Waals surface area contributed by atoms with Gasteiger partial charge in [0.2, 0.25) is 0 Å². The smallest absolute Gasteiger partial charge is 0.320 e. The van der Waals surface area contributed by atoms with Crippen LogP contribution in [0.15, 0.2) is 12.4 Å². The number of carboxylic acids is 1. The van der Waals surface area contributed by atoms with Crippen molar-refractivity contribution in [2.24, 2.45) is 0 Å². The van der Waals surface area contributed by atoms with Crippen molar-refractivity contribution in [2.75, 3.05) is 0 Å². The molecular weight excluding hydrogens is 208 g/mol. The maximum atomic E-state index is 12.3. The number of aromatic nitrogens is 2. The average Bonchev–Trinajstić information content (AvgIpc) is 2.61. The van der Waals surface area contributed by atoms with Gasteiger partial charge in [0, 0.05) is 12.4 Å². The molecule has 0 aromatic carbocycles. The van der Waals surface area contributed by atoms with E-state index < -0.39 is 18.6 Å². The minimum atomic E-state index is -2.66. The van der Waals surface area contributed by atoms with Gasteiger partial charge >= 0.3 is 12.5 Å². The van der Waals surface area contributed by atoms with Gasteiger partial charge in [-0.3, -0.25) is 14.7 Å². The van der Waals surface area contributed by atoms with Crippen LogP contribution in [0.1, 0.15) is 19.3 Å². The van der Waals surface area contributed by atoms with E-state index in [1.807, 2.05) is 0 Å². The second-order valence-electron chi connectivity index (χ2n) is 2.97. The van der Waals surface area contributed by atoms with Crippen molar-refractivity contribution in [1.82, 2.24) is 14.9 Å². The minimum Gasteiger partial charge on any atom is -0.480 e. The molecule has 0 bridgehead atoms. The second-order valence-corrected chi connectivity index (χ2v) is 2.97. The summed E-state index contributed by atoms with van der Waals surface area (Å²) in [6.45, 7) is -1.24. The SMILES string of the molecule is C[C@@H](NCc1nccn1C(F)F)C(=O)O. The first-order chi connectivity index (χ1) is 7.02. The number of hydrogen-bond acceptors (Lipinski definition) is 3. The third-order valence-corrected chi connectivity index (χ3v) is 1.90. The number of nitrogens with zero attached hydrogens (tertiary/aromatic N) is 2. The molecule has 15 heavy (non-hydrogen) atoms. The zero-order valence-corrected chi connectivity index (χ0v) is 8.02. The minimum absolute atomic E-state index is 0.00912. The maximum Gasteiger partial charge on any atom is 0.320 e. The van der Waals surface area contributed by atoms with E-state index in [4.69, 9.17) is 5.11 Å². The van der Waals surface area contributed by atoms with E-state index in [1.54, 1.807) is 0 Å². The lowest BCUT2D eigenvalue weighted by Gasteiger charge is -2.10. The standard InChI is InChI=1S/C8H11F2N3O2/c1-5(7(14)15)12-4-6-11-2-3-13(6)8(9)10/h2-3,5,8,12H,4H2,1H3,(H,14,15)/t5-/m1/s1. The van der Waals surface area contributed by atoms with Crippen LogP contribution in [-0.2, 0) is 11.3 Å². The highest BCUT2D eigenvalue weighted by atomic mass is 19.3. The third kappa shape index (κ3) is 2.98. The van der Waals surface area contributed by atoms with Crippen molar-refractivity contribution in [2.45, 2.75) is 26.1 Å². The fourth-order valence-corrected chi connectivity index (χ4v) is 0.990. The van der Waals surface area contributed by atoms with Crippen molar-refractivity contribution in [3.8, 4) is 0 Å². The quantitative estimate of drug-likeness (QED) is 0.770. The maximum absolute atomic E-state index is 12.3. The molecule has 1 atom stereocenters. The summed E-state index contributed by atoms with van der Waals surface area (Å²) >= 11 is 0. The van der Waals surface area contributed by atoms with Crippen LogP contribution in [0.5, 0.6) is 0 Å². The molecule has 0 aliphatic rings. The lowest BCUT2D eigenvalue weighted by Crippen LogP contribution is -2.34. The summed E-state index contributed by atoms with van der Waals surface area (Å²) in [6.07, 6.45) is 2.39. The lowest BCUT2D eigenvalue weighted by molar-refractivity contribution is -0.139. The van der Waals surface area contributed by atoms with Gasteiger partial charge in [0.05, 0.1) is 6.54 Å². The molecule has 0 unspecified atom stereocenters. The van der Waals surface area contributed by atoms with Gasteiger partial charge in [-0.15, -0.1) is 0 Å². The van der Waals surface area contributed by atoms with E-state index in [9.17, 15) is 13.6 Å². The summed E-state index contributed by atoms with van der Waals surface area (Å²) in [5.41, 5.74) is 0. The Morgan fingerprint density at radius 2 is 2.40 bits per heavy atom. The number of alkyl halides is 2. The van der Waals surface area contributed by atoms with Crippen LogP contribution < -0.4 is 5.32 Å². The number of imidazole rings is 1. The monoisotopic (exact) mass is 219 g/mol. The number of nitrogens with one attached hydrogen (secondary N) is 1. The first-order valence-corrected chi connectivity index (χ1v) is 4.28. The Balaban J connectivity index is 2.57. The van der Waals surface area contributed by atoms with E-state index >= 15 is 0 Å². The van der Waals surface area contributed by atoms with Crippen LogP contribution in [0.4, 0.5) is 8.78 Å². The summed E-state index contributed by atoms with van der Waals surface area (Å²) in [6, 6.07) is -0.798. The van der Waals surface area contributed by atoms with E-state index in [0.717, 1.165) is 6.20 Å². The first-order valence-electron chi connectivity index (χ1n) is 4.28. The zero-order valence-electron chi connectivity index (χ0n) is 8.02. The van der Waals surface area contributed by atoms with Crippen molar-refractivity contribution in [3.05, 3.63) is 18.2 Å². The molecule has 0 aliphatic carbocycles. The number of hydrogen-bond donors (Lipinski definition) is 2. The number of carbonyl (C=O) groups is 1. The molecule has 2 N–H and O–H groups in total. The largest absolute Gasteiger partial charge is 0.480 e. The van der Waals surface area contributed by atoms with E-state index in [2.05, 4.69) is 10.3 Å². The third-order valence-electron chi connectivity index (χ3n) is 1.90. The van der Waals surface area contributed by atoms with Gasteiger partial charge in [-0.25, -0.2) is 4.98 Å². The molecule has 0 aliphatic heterocycles. The van der Waals surface area contributed by atoms with Crippen LogP contribution in [0, 0.1) is 0 Å². The Hall–Kier alpha value is -1.50. The number of rotatable bonds is 5. The molecule has 84 valence electrons. The summed E-state index contributed by atoms with van der Waals surface area (Å²) in [7, 11) is 0. The Labute approximate surface area is 84.7 Å². The highest BCUT2D eigenvalue weighted by molar-refractivity contribution is 5.72. The molecule has 0 saturated carbocycles. The Bertz CT molecular complexity index is 340. The molecule has 7 heteroatoms. The van der Waals surface area contributed by atoms with Crippen molar-refractivity contribution in [1.29, 1.82) is 0 Å². The molecule has 1 aromatic rings. The van der Waals surface area contributed by atoms with Crippen molar-refractivity contribution < 1.29 is 18.7 Å². The van der Waals surface area contributed by atoms with Crippen LogP contribution >= 0.6 is 0 Å². The number of carboxylic acid groups (broad SMARTS) is 1. The van der Waals surface area contributed by atoms with Gasteiger partial charge in [-0.2, -0.15) is 8.78 Å². The molecule has 1 rings (SSSR count). The van der Waals surface area contributed by atoms with Gasteiger partial charge < -0.3 is 5.11 Å². The Morgan fingerprint density at radius 1 is 1.73 bits per heavy atom.